The third kappa shape index (κ3) is 3.47. The van der Waals surface area contributed by atoms with Crippen molar-refractivity contribution in [1.82, 2.24) is 10.2 Å². The topological polar surface area (TPSA) is 24.5 Å². The van der Waals surface area contributed by atoms with Crippen molar-refractivity contribution in [2.45, 2.75) is 32.4 Å². The summed E-state index contributed by atoms with van der Waals surface area (Å²) in [7, 11) is 2.06. The van der Waals surface area contributed by atoms with E-state index >= 15 is 0 Å². The molecule has 1 heterocycles. The molecule has 0 saturated carbocycles. The molecule has 2 rings (SSSR count). The normalized spacial score (nSPS) is 17.9. The van der Waals surface area contributed by atoms with Crippen LogP contribution in [-0.4, -0.2) is 37.7 Å². The monoisotopic (exact) mass is 248 g/mol. The Bertz CT molecular complexity index is 359. The maximum absolute atomic E-state index is 5.68. The molecule has 100 valence electrons. The zero-order valence-electron chi connectivity index (χ0n) is 11.5. The molecule has 0 spiro atoms. The molecule has 1 fully saturated rings. The quantitative estimate of drug-likeness (QED) is 0.865. The summed E-state index contributed by atoms with van der Waals surface area (Å²) in [6.45, 7) is 6.12. The summed E-state index contributed by atoms with van der Waals surface area (Å²) in [5, 5.41) is 3.37. The summed E-state index contributed by atoms with van der Waals surface area (Å²) in [5.41, 5.74) is 1.31. The van der Waals surface area contributed by atoms with E-state index in [0.29, 0.717) is 6.04 Å². The van der Waals surface area contributed by atoms with E-state index in [2.05, 4.69) is 35.5 Å². The molecule has 0 atom stereocenters. The van der Waals surface area contributed by atoms with Gasteiger partial charge in [-0.25, -0.2) is 0 Å². The SMILES string of the molecule is CCOc1ccccc1CN1CCC(NC)CC1. The zero-order chi connectivity index (χ0) is 12.8. The van der Waals surface area contributed by atoms with Crippen molar-refractivity contribution in [3.8, 4) is 5.75 Å². The molecule has 1 N–H and O–H groups in total. The minimum atomic E-state index is 0.698. The smallest absolute Gasteiger partial charge is 0.123 e. The first-order valence-corrected chi connectivity index (χ1v) is 6.93. The average Bonchev–Trinajstić information content (AvgIpc) is 2.42. The lowest BCUT2D eigenvalue weighted by Crippen LogP contribution is -2.40. The first-order chi connectivity index (χ1) is 8.83. The second-order valence-corrected chi connectivity index (χ2v) is 4.88. The predicted octanol–water partition coefficient (Wildman–Crippen LogP) is 2.27. The van der Waals surface area contributed by atoms with Gasteiger partial charge in [0.2, 0.25) is 0 Å². The van der Waals surface area contributed by atoms with Crippen LogP contribution in [0.25, 0.3) is 0 Å². The Kier molecular flexibility index (Phi) is 5.02. The standard InChI is InChI=1S/C15H24N2O/c1-3-18-15-7-5-4-6-13(15)12-17-10-8-14(16-2)9-11-17/h4-7,14,16H,3,8-12H2,1-2H3. The van der Waals surface area contributed by atoms with E-state index in [9.17, 15) is 0 Å². The van der Waals surface area contributed by atoms with Crippen LogP contribution in [-0.2, 0) is 6.54 Å². The van der Waals surface area contributed by atoms with Gasteiger partial charge in [-0.2, -0.15) is 0 Å². The predicted molar refractivity (Wildman–Crippen MR) is 75.0 cm³/mol. The number of ether oxygens (including phenoxy) is 1. The first kappa shape index (κ1) is 13.4. The van der Waals surface area contributed by atoms with Gasteiger partial charge in [0, 0.05) is 18.2 Å². The molecule has 1 saturated heterocycles. The van der Waals surface area contributed by atoms with Gasteiger partial charge in [-0.05, 0) is 46.0 Å². The van der Waals surface area contributed by atoms with Crippen molar-refractivity contribution in [2.75, 3.05) is 26.7 Å². The van der Waals surface area contributed by atoms with Crippen molar-refractivity contribution < 1.29 is 4.74 Å². The van der Waals surface area contributed by atoms with Crippen molar-refractivity contribution in [3.05, 3.63) is 29.8 Å². The molecule has 0 aromatic heterocycles. The van der Waals surface area contributed by atoms with Gasteiger partial charge in [0.05, 0.1) is 6.61 Å². The highest BCUT2D eigenvalue weighted by Crippen LogP contribution is 2.21. The molecule has 0 bridgehead atoms. The zero-order valence-corrected chi connectivity index (χ0v) is 11.5. The van der Waals surface area contributed by atoms with Crippen LogP contribution >= 0.6 is 0 Å². The highest BCUT2D eigenvalue weighted by molar-refractivity contribution is 5.33. The summed E-state index contributed by atoms with van der Waals surface area (Å²) in [6.07, 6.45) is 2.49. The van der Waals surface area contributed by atoms with Crippen molar-refractivity contribution >= 4 is 0 Å². The summed E-state index contributed by atoms with van der Waals surface area (Å²) < 4.78 is 5.68. The van der Waals surface area contributed by atoms with E-state index in [0.717, 1.165) is 18.9 Å². The minimum absolute atomic E-state index is 0.698. The number of nitrogens with one attached hydrogen (secondary N) is 1. The Hall–Kier alpha value is -1.06. The van der Waals surface area contributed by atoms with E-state index in [1.165, 1.54) is 31.5 Å². The van der Waals surface area contributed by atoms with Gasteiger partial charge >= 0.3 is 0 Å². The number of para-hydroxylation sites is 1. The van der Waals surface area contributed by atoms with Crippen LogP contribution < -0.4 is 10.1 Å². The van der Waals surface area contributed by atoms with Gasteiger partial charge in [0.25, 0.3) is 0 Å². The number of piperidine rings is 1. The third-order valence-electron chi connectivity index (χ3n) is 3.66. The van der Waals surface area contributed by atoms with E-state index in [-0.39, 0.29) is 0 Å². The molecule has 1 aromatic carbocycles. The van der Waals surface area contributed by atoms with Crippen molar-refractivity contribution in [2.24, 2.45) is 0 Å². The van der Waals surface area contributed by atoms with Gasteiger partial charge in [-0.15, -0.1) is 0 Å². The Balaban J connectivity index is 1.93. The van der Waals surface area contributed by atoms with Crippen LogP contribution in [0.1, 0.15) is 25.3 Å². The Labute approximate surface area is 110 Å². The Morgan fingerprint density at radius 3 is 2.67 bits per heavy atom. The number of likely N-dealkylation sites (tertiary alicyclic amines) is 1. The highest BCUT2D eigenvalue weighted by atomic mass is 16.5. The molecular formula is C15H24N2O. The molecule has 0 amide bonds. The number of rotatable bonds is 5. The maximum atomic E-state index is 5.68. The molecular weight excluding hydrogens is 224 g/mol. The van der Waals surface area contributed by atoms with Gasteiger partial charge < -0.3 is 10.1 Å². The summed E-state index contributed by atoms with van der Waals surface area (Å²) in [6, 6.07) is 9.08. The van der Waals surface area contributed by atoms with Crippen LogP contribution in [0.2, 0.25) is 0 Å². The lowest BCUT2D eigenvalue weighted by Gasteiger charge is -2.32. The van der Waals surface area contributed by atoms with Crippen LogP contribution in [0.15, 0.2) is 24.3 Å². The molecule has 1 aliphatic rings. The fraction of sp³-hybridized carbons (Fsp3) is 0.600. The molecule has 1 aromatic rings. The van der Waals surface area contributed by atoms with Gasteiger partial charge in [0.15, 0.2) is 0 Å². The largest absolute Gasteiger partial charge is 0.494 e. The first-order valence-electron chi connectivity index (χ1n) is 6.93. The van der Waals surface area contributed by atoms with E-state index in [4.69, 9.17) is 4.74 Å². The van der Waals surface area contributed by atoms with Crippen molar-refractivity contribution in [3.63, 3.8) is 0 Å². The average molecular weight is 248 g/mol. The number of benzene rings is 1. The van der Waals surface area contributed by atoms with Gasteiger partial charge in [-0.3, -0.25) is 4.90 Å². The summed E-state index contributed by atoms with van der Waals surface area (Å²) in [5.74, 6) is 1.04. The van der Waals surface area contributed by atoms with Crippen molar-refractivity contribution in [1.29, 1.82) is 0 Å². The van der Waals surface area contributed by atoms with E-state index in [1.807, 2.05) is 13.0 Å². The lowest BCUT2D eigenvalue weighted by molar-refractivity contribution is 0.192. The van der Waals surface area contributed by atoms with Crippen LogP contribution in [0, 0.1) is 0 Å². The second kappa shape index (κ2) is 6.76. The minimum Gasteiger partial charge on any atom is -0.494 e. The van der Waals surface area contributed by atoms with Crippen LogP contribution in [0.4, 0.5) is 0 Å². The van der Waals surface area contributed by atoms with Gasteiger partial charge in [0.1, 0.15) is 5.75 Å². The lowest BCUT2D eigenvalue weighted by atomic mass is 10.0. The molecule has 0 unspecified atom stereocenters. The summed E-state index contributed by atoms with van der Waals surface area (Å²) >= 11 is 0. The fourth-order valence-corrected chi connectivity index (χ4v) is 2.55. The number of nitrogens with zero attached hydrogens (tertiary/aromatic N) is 1. The van der Waals surface area contributed by atoms with Gasteiger partial charge in [-0.1, -0.05) is 18.2 Å². The van der Waals surface area contributed by atoms with E-state index < -0.39 is 0 Å². The molecule has 1 aliphatic heterocycles. The molecule has 0 radical (unpaired) electrons. The third-order valence-corrected chi connectivity index (χ3v) is 3.66. The second-order valence-electron chi connectivity index (χ2n) is 4.88. The maximum Gasteiger partial charge on any atom is 0.123 e. The number of hydrogen-bond donors (Lipinski definition) is 1. The Morgan fingerprint density at radius 1 is 1.28 bits per heavy atom. The number of hydrogen-bond acceptors (Lipinski definition) is 3. The van der Waals surface area contributed by atoms with Crippen LogP contribution in [0.5, 0.6) is 5.75 Å². The molecule has 18 heavy (non-hydrogen) atoms. The van der Waals surface area contributed by atoms with Crippen LogP contribution in [0.3, 0.4) is 0 Å². The molecule has 3 heteroatoms. The summed E-state index contributed by atoms with van der Waals surface area (Å²) in [4.78, 5) is 2.52. The molecule has 3 nitrogen and oxygen atoms in total. The highest BCUT2D eigenvalue weighted by Gasteiger charge is 2.18. The van der Waals surface area contributed by atoms with E-state index in [1.54, 1.807) is 0 Å². The Morgan fingerprint density at radius 2 is 2.00 bits per heavy atom. The fourth-order valence-electron chi connectivity index (χ4n) is 2.55. The molecule has 0 aliphatic carbocycles.